The van der Waals surface area contributed by atoms with Crippen molar-refractivity contribution in [2.45, 2.75) is 6.42 Å². The van der Waals surface area contributed by atoms with Crippen molar-refractivity contribution < 1.29 is 9.53 Å². The molecule has 0 radical (unpaired) electrons. The Labute approximate surface area is 124 Å². The number of carbonyl (C=O) groups excluding carboxylic acids is 1. The van der Waals surface area contributed by atoms with Crippen molar-refractivity contribution in [2.75, 3.05) is 30.5 Å². The van der Waals surface area contributed by atoms with Gasteiger partial charge in [-0.05, 0) is 0 Å². The molecule has 1 saturated heterocycles. The fourth-order valence-electron chi connectivity index (χ4n) is 1.65. The summed E-state index contributed by atoms with van der Waals surface area (Å²) in [6.07, 6.45) is 1.30. The van der Waals surface area contributed by atoms with Crippen LogP contribution in [0.2, 0.25) is 0 Å². The molecule has 2 rings (SSSR count). The molecule has 0 spiro atoms. The van der Waals surface area contributed by atoms with E-state index < -0.39 is 12.3 Å². The van der Waals surface area contributed by atoms with Crippen molar-refractivity contribution in [2.24, 2.45) is 5.73 Å². The van der Waals surface area contributed by atoms with E-state index in [1.807, 2.05) is 6.07 Å². The zero-order chi connectivity index (χ0) is 13.7. The number of amides is 1. The van der Waals surface area contributed by atoms with E-state index in [2.05, 4.69) is 37.5 Å². The summed E-state index contributed by atoms with van der Waals surface area (Å²) in [5.74, 6) is 3.00. The molecule has 7 heteroatoms. The maximum atomic E-state index is 11.4. The second-order valence-corrected chi connectivity index (χ2v) is 15.7. The Hall–Kier alpha value is -0.292. The number of carbonyl (C=O) groups is 1. The molecule has 0 atom stereocenters. The second kappa shape index (κ2) is 7.48. The molecule has 4 nitrogen and oxygen atoms in total. The molecule has 1 amide bonds. The Kier molecular flexibility index (Phi) is 5.95. The molecular formula is C12H17AsN2O2S2. The summed E-state index contributed by atoms with van der Waals surface area (Å²) >= 11 is -1.08. The van der Waals surface area contributed by atoms with E-state index in [4.69, 9.17) is 10.5 Å². The van der Waals surface area contributed by atoms with Crippen LogP contribution in [0.5, 0.6) is 5.75 Å². The molecular weight excluding hydrogens is 343 g/mol. The van der Waals surface area contributed by atoms with Gasteiger partial charge < -0.3 is 0 Å². The zero-order valence-corrected chi connectivity index (χ0v) is 14.2. The Bertz CT molecular complexity index is 453. The van der Waals surface area contributed by atoms with Gasteiger partial charge in [0.15, 0.2) is 0 Å². The number of hydrogen-bond donors (Lipinski definition) is 2. The summed E-state index contributed by atoms with van der Waals surface area (Å²) in [6, 6.07) is 6.12. The number of nitrogens with one attached hydrogen (secondary N) is 1. The summed E-state index contributed by atoms with van der Waals surface area (Å²) in [5.41, 5.74) is 6.07. The summed E-state index contributed by atoms with van der Waals surface area (Å²) < 4.78 is 6.64. The van der Waals surface area contributed by atoms with Gasteiger partial charge in [-0.3, -0.25) is 0 Å². The van der Waals surface area contributed by atoms with Crippen LogP contribution >= 0.6 is 20.0 Å². The topological polar surface area (TPSA) is 64.3 Å². The maximum absolute atomic E-state index is 11.4. The number of benzene rings is 1. The summed E-state index contributed by atoms with van der Waals surface area (Å²) in [5, 5.41) is 2.81. The monoisotopic (exact) mass is 360 g/mol. The van der Waals surface area contributed by atoms with Crippen LogP contribution in [0.1, 0.15) is 6.42 Å². The molecule has 1 aromatic rings. The molecule has 0 saturated carbocycles. The molecule has 1 aliphatic rings. The standard InChI is InChI=1S/C12H17AsN2O2S2/c1-17-11-4-3-9(13-18-5-2-6-19-13)7-10(11)15-12(16)8-14/h3-4,7H,2,5-6,8,14H2,1H3,(H,15,16). The van der Waals surface area contributed by atoms with E-state index in [-0.39, 0.29) is 12.5 Å². The Morgan fingerprint density at radius 3 is 2.84 bits per heavy atom. The molecule has 1 fully saturated rings. The van der Waals surface area contributed by atoms with Crippen LogP contribution in [-0.4, -0.2) is 43.4 Å². The first-order valence-electron chi connectivity index (χ1n) is 5.98. The van der Waals surface area contributed by atoms with Gasteiger partial charge in [-0.15, -0.1) is 0 Å². The van der Waals surface area contributed by atoms with Gasteiger partial charge in [-0.25, -0.2) is 0 Å². The number of methoxy groups -OCH3 is 1. The van der Waals surface area contributed by atoms with Gasteiger partial charge in [0.2, 0.25) is 0 Å². The molecule has 0 aliphatic carbocycles. The van der Waals surface area contributed by atoms with Crippen molar-refractivity contribution in [3.63, 3.8) is 0 Å². The van der Waals surface area contributed by atoms with Crippen LogP contribution in [0.3, 0.4) is 0 Å². The first-order valence-corrected chi connectivity index (χ1v) is 13.4. The van der Waals surface area contributed by atoms with Crippen LogP contribution in [0.4, 0.5) is 5.69 Å². The van der Waals surface area contributed by atoms with Gasteiger partial charge in [-0.2, -0.15) is 0 Å². The van der Waals surface area contributed by atoms with Crippen molar-refractivity contribution in [3.05, 3.63) is 18.2 Å². The third kappa shape index (κ3) is 4.08. The molecule has 0 bridgehead atoms. The van der Waals surface area contributed by atoms with Gasteiger partial charge in [0, 0.05) is 0 Å². The molecule has 104 valence electrons. The predicted octanol–water partition coefficient (Wildman–Crippen LogP) is 1.16. The van der Waals surface area contributed by atoms with Gasteiger partial charge in [0.05, 0.1) is 0 Å². The number of nitrogens with two attached hydrogens (primary N) is 1. The zero-order valence-electron chi connectivity index (χ0n) is 10.7. The first kappa shape index (κ1) is 15.1. The van der Waals surface area contributed by atoms with E-state index in [1.165, 1.54) is 22.3 Å². The summed E-state index contributed by atoms with van der Waals surface area (Å²) in [4.78, 5) is 11.4. The van der Waals surface area contributed by atoms with Gasteiger partial charge >= 0.3 is 124 Å². The van der Waals surface area contributed by atoms with Gasteiger partial charge in [0.25, 0.3) is 0 Å². The number of ether oxygens (including phenoxy) is 1. The quantitative estimate of drug-likeness (QED) is 0.789. The van der Waals surface area contributed by atoms with E-state index >= 15 is 0 Å². The van der Waals surface area contributed by atoms with E-state index in [0.717, 1.165) is 5.69 Å². The Balaban J connectivity index is 2.21. The van der Waals surface area contributed by atoms with E-state index in [9.17, 15) is 4.79 Å². The van der Waals surface area contributed by atoms with Crippen molar-refractivity contribution in [1.82, 2.24) is 0 Å². The third-order valence-corrected chi connectivity index (χ3v) is 16.2. The third-order valence-electron chi connectivity index (χ3n) is 2.56. The van der Waals surface area contributed by atoms with Crippen LogP contribution in [0.15, 0.2) is 18.2 Å². The summed E-state index contributed by atoms with van der Waals surface area (Å²) in [7, 11) is 5.79. The van der Waals surface area contributed by atoms with Crippen LogP contribution in [-0.2, 0) is 4.79 Å². The molecule has 1 aromatic carbocycles. The summed E-state index contributed by atoms with van der Waals surface area (Å²) in [6.45, 7) is -0.0156. The van der Waals surface area contributed by atoms with E-state index in [0.29, 0.717) is 5.75 Å². The normalized spacial score (nSPS) is 16.1. The number of hydrogen-bond acceptors (Lipinski definition) is 5. The van der Waals surface area contributed by atoms with Gasteiger partial charge in [0.1, 0.15) is 0 Å². The first-order chi connectivity index (χ1) is 9.24. The van der Waals surface area contributed by atoms with Crippen molar-refractivity contribution in [1.29, 1.82) is 0 Å². The number of rotatable bonds is 4. The minimum absolute atomic E-state index is 0.0156. The fraction of sp³-hybridized carbons (Fsp3) is 0.417. The van der Waals surface area contributed by atoms with Crippen LogP contribution in [0.25, 0.3) is 0 Å². The van der Waals surface area contributed by atoms with E-state index in [1.54, 1.807) is 7.11 Å². The van der Waals surface area contributed by atoms with Gasteiger partial charge in [-0.1, -0.05) is 0 Å². The molecule has 0 aromatic heterocycles. The van der Waals surface area contributed by atoms with Crippen molar-refractivity contribution >= 4 is 48.3 Å². The Morgan fingerprint density at radius 2 is 2.21 bits per heavy atom. The van der Waals surface area contributed by atoms with Crippen LogP contribution < -0.4 is 20.1 Å². The molecule has 0 unspecified atom stereocenters. The Morgan fingerprint density at radius 1 is 1.47 bits per heavy atom. The molecule has 1 aliphatic heterocycles. The minimum atomic E-state index is -1.08. The number of anilines is 1. The average molecular weight is 360 g/mol. The predicted molar refractivity (Wildman–Crippen MR) is 85.6 cm³/mol. The fourth-order valence-corrected chi connectivity index (χ4v) is 14.7. The SMILES string of the molecule is COc1ccc([As]2SCCCS2)cc1NC(=O)CN. The molecule has 1 heterocycles. The molecule has 19 heavy (non-hydrogen) atoms. The average Bonchev–Trinajstić information content (AvgIpc) is 2.48. The van der Waals surface area contributed by atoms with Crippen LogP contribution in [0, 0.1) is 0 Å². The molecule has 3 N–H and O–H groups in total. The second-order valence-electron chi connectivity index (χ2n) is 3.91. The van der Waals surface area contributed by atoms with Crippen molar-refractivity contribution in [3.8, 4) is 5.75 Å².